The maximum Gasteiger partial charge on any atom is 0.262 e. The summed E-state index contributed by atoms with van der Waals surface area (Å²) in [6, 6.07) is 6.02. The topological polar surface area (TPSA) is 75.5 Å². The molecule has 0 bridgehead atoms. The number of imidazole rings is 1. The molecule has 1 fully saturated rings. The Labute approximate surface area is 190 Å². The van der Waals surface area contributed by atoms with E-state index in [1.165, 1.54) is 29.0 Å². The van der Waals surface area contributed by atoms with Gasteiger partial charge in [-0.05, 0) is 30.5 Å². The molecule has 0 aliphatic carbocycles. The molecule has 0 spiro atoms. The molecule has 1 aromatic heterocycles. The fourth-order valence-electron chi connectivity index (χ4n) is 4.18. The van der Waals surface area contributed by atoms with E-state index in [0.717, 1.165) is 31.2 Å². The van der Waals surface area contributed by atoms with E-state index >= 15 is 0 Å². The number of hydrogen-bond donors (Lipinski definition) is 0. The summed E-state index contributed by atoms with van der Waals surface area (Å²) in [4.78, 5) is 19.5. The number of nitrogens with zero attached hydrogens (tertiary/aromatic N) is 4. The molecule has 0 radical (unpaired) electrons. The lowest BCUT2D eigenvalue weighted by Crippen LogP contribution is -2.40. The van der Waals surface area contributed by atoms with Crippen molar-refractivity contribution >= 4 is 15.9 Å². The van der Waals surface area contributed by atoms with Crippen LogP contribution in [0, 0.1) is 11.7 Å². The maximum atomic E-state index is 13.6. The van der Waals surface area contributed by atoms with Crippen molar-refractivity contribution in [2.24, 2.45) is 13.0 Å². The lowest BCUT2D eigenvalue weighted by Gasteiger charge is -2.28. The fourth-order valence-corrected chi connectivity index (χ4v) is 5.64. The van der Waals surface area contributed by atoms with Gasteiger partial charge in [-0.2, -0.15) is 4.31 Å². The van der Waals surface area contributed by atoms with Crippen molar-refractivity contribution < 1.29 is 17.6 Å². The van der Waals surface area contributed by atoms with E-state index in [4.69, 9.17) is 0 Å². The van der Waals surface area contributed by atoms with Gasteiger partial charge in [0.15, 0.2) is 5.03 Å². The number of rotatable bonds is 10. The molecule has 2 heterocycles. The summed E-state index contributed by atoms with van der Waals surface area (Å²) in [6.45, 7) is 5.75. The molecular formula is C23H33FN4O3S. The van der Waals surface area contributed by atoms with E-state index in [0.29, 0.717) is 13.1 Å². The van der Waals surface area contributed by atoms with Gasteiger partial charge >= 0.3 is 0 Å². The zero-order valence-corrected chi connectivity index (χ0v) is 19.9. The van der Waals surface area contributed by atoms with Crippen LogP contribution in [0.15, 0.2) is 41.8 Å². The molecular weight excluding hydrogens is 431 g/mol. The third-order valence-electron chi connectivity index (χ3n) is 6.06. The van der Waals surface area contributed by atoms with Crippen LogP contribution in [0.5, 0.6) is 0 Å². The predicted octanol–water partition coefficient (Wildman–Crippen LogP) is 3.39. The van der Waals surface area contributed by atoms with Crippen molar-refractivity contribution in [1.29, 1.82) is 0 Å². The fraction of sp³-hybridized carbons (Fsp3) is 0.565. The number of hydrogen-bond acceptors (Lipinski definition) is 4. The van der Waals surface area contributed by atoms with Crippen molar-refractivity contribution in [3.63, 3.8) is 0 Å². The third kappa shape index (κ3) is 5.38. The molecule has 0 saturated carbocycles. The Morgan fingerprint density at radius 3 is 2.28 bits per heavy atom. The van der Waals surface area contributed by atoms with Crippen molar-refractivity contribution in [2.45, 2.75) is 50.5 Å². The molecule has 1 amide bonds. The van der Waals surface area contributed by atoms with E-state index in [2.05, 4.69) is 18.8 Å². The molecule has 176 valence electrons. The number of carbonyl (C=O) groups is 1. The van der Waals surface area contributed by atoms with Crippen LogP contribution in [0.2, 0.25) is 0 Å². The summed E-state index contributed by atoms with van der Waals surface area (Å²) in [5.74, 6) is -1.25. The molecule has 0 unspecified atom stereocenters. The number of carbonyl (C=O) groups excluding carboxylic acids is 1. The minimum absolute atomic E-state index is 0.0278. The summed E-state index contributed by atoms with van der Waals surface area (Å²) in [5.41, 5.74) is 0.773. The lowest BCUT2D eigenvalue weighted by atomic mass is 9.88. The molecule has 1 aliphatic heterocycles. The first-order valence-corrected chi connectivity index (χ1v) is 12.7. The van der Waals surface area contributed by atoms with Gasteiger partial charge in [0.25, 0.3) is 10.0 Å². The molecule has 2 aromatic rings. The van der Waals surface area contributed by atoms with Crippen LogP contribution in [-0.4, -0.2) is 59.3 Å². The van der Waals surface area contributed by atoms with Crippen LogP contribution < -0.4 is 0 Å². The first-order valence-electron chi connectivity index (χ1n) is 11.3. The molecule has 0 N–H and O–H groups in total. The Morgan fingerprint density at radius 2 is 1.75 bits per heavy atom. The van der Waals surface area contributed by atoms with E-state index in [1.807, 2.05) is 4.90 Å². The van der Waals surface area contributed by atoms with Crippen molar-refractivity contribution in [1.82, 2.24) is 18.8 Å². The Kier molecular flexibility index (Phi) is 8.05. The number of sulfonamides is 1. The van der Waals surface area contributed by atoms with Gasteiger partial charge in [0.05, 0.1) is 12.2 Å². The van der Waals surface area contributed by atoms with Crippen molar-refractivity contribution in [2.75, 3.05) is 26.2 Å². The first kappa shape index (κ1) is 24.4. The maximum absolute atomic E-state index is 13.6. The number of benzene rings is 1. The minimum atomic E-state index is -3.84. The molecule has 1 saturated heterocycles. The lowest BCUT2D eigenvalue weighted by molar-refractivity contribution is -0.135. The largest absolute Gasteiger partial charge is 0.342 e. The van der Waals surface area contributed by atoms with Crippen LogP contribution in [0.1, 0.15) is 51.0 Å². The average Bonchev–Trinajstić information content (AvgIpc) is 3.41. The second kappa shape index (κ2) is 10.6. The molecule has 1 aromatic carbocycles. The first-order chi connectivity index (χ1) is 15.3. The van der Waals surface area contributed by atoms with Crippen LogP contribution in [-0.2, 0) is 21.9 Å². The van der Waals surface area contributed by atoms with Gasteiger partial charge in [-0.3, -0.25) is 4.79 Å². The van der Waals surface area contributed by atoms with Crippen LogP contribution in [0.3, 0.4) is 0 Å². The Balaban J connectivity index is 1.92. The predicted molar refractivity (Wildman–Crippen MR) is 121 cm³/mol. The summed E-state index contributed by atoms with van der Waals surface area (Å²) >= 11 is 0. The Bertz CT molecular complexity index is 999. The summed E-state index contributed by atoms with van der Waals surface area (Å²) in [5, 5.41) is -0.0280. The number of aryl methyl sites for hydroxylation is 1. The Morgan fingerprint density at radius 1 is 1.12 bits per heavy atom. The smallest absolute Gasteiger partial charge is 0.262 e. The van der Waals surface area contributed by atoms with Crippen LogP contribution in [0.25, 0.3) is 0 Å². The van der Waals surface area contributed by atoms with Gasteiger partial charge in [0.1, 0.15) is 5.82 Å². The highest BCUT2D eigenvalue weighted by Crippen LogP contribution is 2.37. The summed E-state index contributed by atoms with van der Waals surface area (Å²) in [6.07, 6.45) is 6.66. The third-order valence-corrected chi connectivity index (χ3v) is 7.78. The van der Waals surface area contributed by atoms with Crippen molar-refractivity contribution in [3.8, 4) is 0 Å². The highest BCUT2D eigenvalue weighted by molar-refractivity contribution is 7.89. The number of halogens is 1. The molecule has 2 atom stereocenters. The number of amides is 1. The zero-order valence-electron chi connectivity index (χ0n) is 19.1. The van der Waals surface area contributed by atoms with Gasteiger partial charge in [-0.15, -0.1) is 0 Å². The molecule has 7 nitrogen and oxygen atoms in total. The zero-order chi connectivity index (χ0) is 23.3. The molecule has 1 aliphatic rings. The van der Waals surface area contributed by atoms with E-state index in [9.17, 15) is 17.6 Å². The summed E-state index contributed by atoms with van der Waals surface area (Å²) in [7, 11) is -2.13. The van der Waals surface area contributed by atoms with Gasteiger partial charge in [-0.25, -0.2) is 17.8 Å². The standard InChI is InChI=1S/C23H33FN4O3S/c1-4-6-12-27(13-7-5-2)23(29)21-15-28(32(30,31)22-16-26(3)17-25-22)14-20(21)18-8-10-19(24)11-9-18/h8-11,16-17,20-21H,4-7,12-15H2,1-3H3/t20-,21+/m0/s1. The van der Waals surface area contributed by atoms with Gasteiger partial charge in [0, 0.05) is 45.3 Å². The van der Waals surface area contributed by atoms with Crippen LogP contribution >= 0.6 is 0 Å². The van der Waals surface area contributed by atoms with Gasteiger partial charge in [0.2, 0.25) is 5.91 Å². The molecule has 3 rings (SSSR count). The molecule has 32 heavy (non-hydrogen) atoms. The van der Waals surface area contributed by atoms with Gasteiger partial charge < -0.3 is 9.47 Å². The second-order valence-electron chi connectivity index (χ2n) is 8.50. The minimum Gasteiger partial charge on any atom is -0.342 e. The van der Waals surface area contributed by atoms with Gasteiger partial charge in [-0.1, -0.05) is 38.8 Å². The monoisotopic (exact) mass is 464 g/mol. The van der Waals surface area contributed by atoms with E-state index < -0.39 is 15.9 Å². The van der Waals surface area contributed by atoms with Crippen molar-refractivity contribution in [3.05, 3.63) is 48.2 Å². The average molecular weight is 465 g/mol. The second-order valence-corrected chi connectivity index (χ2v) is 10.4. The van der Waals surface area contributed by atoms with Crippen LogP contribution in [0.4, 0.5) is 4.39 Å². The highest BCUT2D eigenvalue weighted by Gasteiger charge is 2.45. The number of aromatic nitrogens is 2. The highest BCUT2D eigenvalue weighted by atomic mass is 32.2. The van der Waals surface area contributed by atoms with E-state index in [-0.39, 0.29) is 35.8 Å². The quantitative estimate of drug-likeness (QED) is 0.540. The number of unbranched alkanes of at least 4 members (excludes halogenated alkanes) is 2. The normalized spacial score (nSPS) is 19.4. The van der Waals surface area contributed by atoms with E-state index in [1.54, 1.807) is 23.7 Å². The molecule has 9 heteroatoms. The Hall–Kier alpha value is -2.26. The SMILES string of the molecule is CCCCN(CCCC)C(=O)[C@@H]1CN(S(=O)(=O)c2cn(C)cn2)C[C@H]1c1ccc(F)cc1. The summed E-state index contributed by atoms with van der Waals surface area (Å²) < 4.78 is 42.9.